The molecule has 0 fully saturated rings. The molecule has 5 heteroatoms. The van der Waals surface area contributed by atoms with E-state index in [1.807, 2.05) is 0 Å². The van der Waals surface area contributed by atoms with Gasteiger partial charge in [-0.25, -0.2) is 5.48 Å². The molecule has 0 saturated carbocycles. The van der Waals surface area contributed by atoms with Gasteiger partial charge in [-0.05, 0) is 12.2 Å². The standard InChI is InChI=1S/C4H6BNO3/c7-5(8)4-2-1-3-9-6-4/h1-3,6-8H. The summed E-state index contributed by atoms with van der Waals surface area (Å²) >= 11 is 0. The molecule has 1 aliphatic heterocycles. The third-order valence-electron chi connectivity index (χ3n) is 0.877. The first-order chi connectivity index (χ1) is 4.30. The lowest BCUT2D eigenvalue weighted by molar-refractivity contribution is 0.161. The summed E-state index contributed by atoms with van der Waals surface area (Å²) in [6.45, 7) is 0. The molecule has 1 heterocycles. The van der Waals surface area contributed by atoms with Crippen molar-refractivity contribution in [3.8, 4) is 0 Å². The number of hydrogen-bond donors (Lipinski definition) is 3. The zero-order valence-electron chi connectivity index (χ0n) is 4.61. The second-order valence-electron chi connectivity index (χ2n) is 1.54. The van der Waals surface area contributed by atoms with Gasteiger partial charge in [0.2, 0.25) is 0 Å². The molecular formula is C4H6BNO3. The Balaban J connectivity index is 2.57. The Bertz CT molecular complexity index is 154. The van der Waals surface area contributed by atoms with E-state index in [4.69, 9.17) is 10.0 Å². The molecule has 3 N–H and O–H groups in total. The summed E-state index contributed by atoms with van der Waals surface area (Å²) < 4.78 is 0. The largest absolute Gasteiger partial charge is 0.508 e. The first kappa shape index (κ1) is 6.19. The van der Waals surface area contributed by atoms with Crippen LogP contribution in [0.3, 0.4) is 0 Å². The van der Waals surface area contributed by atoms with Gasteiger partial charge in [-0.2, -0.15) is 0 Å². The zero-order chi connectivity index (χ0) is 6.69. The summed E-state index contributed by atoms with van der Waals surface area (Å²) in [7, 11) is -1.49. The van der Waals surface area contributed by atoms with Crippen molar-refractivity contribution in [3.05, 3.63) is 24.0 Å². The van der Waals surface area contributed by atoms with E-state index in [9.17, 15) is 0 Å². The fraction of sp³-hybridized carbons (Fsp3) is 0. The van der Waals surface area contributed by atoms with E-state index in [-0.39, 0.29) is 5.60 Å². The predicted molar refractivity (Wildman–Crippen MR) is 31.6 cm³/mol. The molecule has 48 valence electrons. The average molecular weight is 127 g/mol. The topological polar surface area (TPSA) is 61.7 Å². The van der Waals surface area contributed by atoms with Gasteiger partial charge < -0.3 is 14.9 Å². The maximum atomic E-state index is 8.49. The molecule has 1 rings (SSSR count). The van der Waals surface area contributed by atoms with E-state index in [0.717, 1.165) is 0 Å². The fourth-order valence-corrected chi connectivity index (χ4v) is 0.457. The van der Waals surface area contributed by atoms with E-state index in [2.05, 4.69) is 10.3 Å². The summed E-state index contributed by atoms with van der Waals surface area (Å²) in [6, 6.07) is 0. The van der Waals surface area contributed by atoms with Crippen LogP contribution in [0, 0.1) is 0 Å². The van der Waals surface area contributed by atoms with E-state index in [0.29, 0.717) is 0 Å². The van der Waals surface area contributed by atoms with Crippen LogP contribution >= 0.6 is 0 Å². The minimum Gasteiger partial charge on any atom is -0.422 e. The van der Waals surface area contributed by atoms with Crippen molar-refractivity contribution in [3.63, 3.8) is 0 Å². The lowest BCUT2D eigenvalue weighted by atomic mass is 9.86. The summed E-state index contributed by atoms with van der Waals surface area (Å²) in [5, 5.41) is 17.0. The van der Waals surface area contributed by atoms with Crippen LogP contribution in [0.15, 0.2) is 24.0 Å². The lowest BCUT2D eigenvalue weighted by Gasteiger charge is -2.09. The second kappa shape index (κ2) is 2.57. The SMILES string of the molecule is OB(O)C1=CC=CON1. The molecule has 0 bridgehead atoms. The van der Waals surface area contributed by atoms with Crippen LogP contribution in [0.2, 0.25) is 0 Å². The van der Waals surface area contributed by atoms with E-state index in [1.54, 1.807) is 6.08 Å². The monoisotopic (exact) mass is 127 g/mol. The number of rotatable bonds is 1. The highest BCUT2D eigenvalue weighted by molar-refractivity contribution is 6.50. The van der Waals surface area contributed by atoms with Gasteiger partial charge in [0.1, 0.15) is 6.26 Å². The minimum atomic E-state index is -1.49. The van der Waals surface area contributed by atoms with E-state index in [1.165, 1.54) is 12.3 Å². The fourth-order valence-electron chi connectivity index (χ4n) is 0.457. The van der Waals surface area contributed by atoms with Crippen molar-refractivity contribution in [2.75, 3.05) is 0 Å². The Labute approximate surface area is 52.5 Å². The van der Waals surface area contributed by atoms with Crippen LogP contribution in [0.5, 0.6) is 0 Å². The quantitative estimate of drug-likeness (QED) is 0.392. The van der Waals surface area contributed by atoms with Gasteiger partial charge in [-0.15, -0.1) is 0 Å². The Kier molecular flexibility index (Phi) is 1.76. The minimum absolute atomic E-state index is 0.234. The predicted octanol–water partition coefficient (Wildman–Crippen LogP) is -1.07. The molecule has 0 spiro atoms. The Hall–Kier alpha value is -0.935. The normalized spacial score (nSPS) is 15.6. The first-order valence-electron chi connectivity index (χ1n) is 2.45. The molecule has 9 heavy (non-hydrogen) atoms. The summed E-state index contributed by atoms with van der Waals surface area (Å²) in [5.74, 6) is 0. The van der Waals surface area contributed by atoms with Gasteiger partial charge >= 0.3 is 7.12 Å². The van der Waals surface area contributed by atoms with Crippen LogP contribution in [-0.2, 0) is 4.84 Å². The molecule has 1 aliphatic rings. The maximum absolute atomic E-state index is 8.49. The molecule has 4 nitrogen and oxygen atoms in total. The van der Waals surface area contributed by atoms with Crippen molar-refractivity contribution in [2.24, 2.45) is 0 Å². The Morgan fingerprint density at radius 3 is 2.67 bits per heavy atom. The first-order valence-corrected chi connectivity index (χ1v) is 2.45. The van der Waals surface area contributed by atoms with Crippen molar-refractivity contribution < 1.29 is 14.9 Å². The molecule has 0 aromatic heterocycles. The Morgan fingerprint density at radius 2 is 2.33 bits per heavy atom. The van der Waals surface area contributed by atoms with Crippen molar-refractivity contribution >= 4 is 7.12 Å². The maximum Gasteiger partial charge on any atom is 0.508 e. The van der Waals surface area contributed by atoms with Gasteiger partial charge in [-0.1, -0.05) is 0 Å². The average Bonchev–Trinajstić information content (AvgIpc) is 1.90. The second-order valence-corrected chi connectivity index (χ2v) is 1.54. The van der Waals surface area contributed by atoms with Crippen LogP contribution in [0.4, 0.5) is 0 Å². The molecule has 0 amide bonds. The van der Waals surface area contributed by atoms with Gasteiger partial charge in [0, 0.05) is 0 Å². The molecule has 0 aromatic carbocycles. The van der Waals surface area contributed by atoms with Crippen molar-refractivity contribution in [1.29, 1.82) is 0 Å². The van der Waals surface area contributed by atoms with Crippen molar-refractivity contribution in [1.82, 2.24) is 5.48 Å². The third kappa shape index (κ3) is 1.48. The highest BCUT2D eigenvalue weighted by Gasteiger charge is 2.14. The highest BCUT2D eigenvalue weighted by Crippen LogP contribution is 1.96. The highest BCUT2D eigenvalue weighted by atomic mass is 16.6. The molecule has 0 radical (unpaired) electrons. The molecular weight excluding hydrogens is 121 g/mol. The molecule has 0 unspecified atom stereocenters. The Morgan fingerprint density at radius 1 is 1.56 bits per heavy atom. The summed E-state index contributed by atoms with van der Waals surface area (Å²) in [5.41, 5.74) is 2.53. The smallest absolute Gasteiger partial charge is 0.422 e. The van der Waals surface area contributed by atoms with Gasteiger partial charge in [0.05, 0.1) is 5.60 Å². The summed E-state index contributed by atoms with van der Waals surface area (Å²) in [6.07, 6.45) is 4.46. The number of allylic oxidation sites excluding steroid dienone is 2. The molecule has 0 aromatic rings. The third-order valence-corrected chi connectivity index (χ3v) is 0.877. The number of hydrogen-bond acceptors (Lipinski definition) is 4. The van der Waals surface area contributed by atoms with E-state index >= 15 is 0 Å². The van der Waals surface area contributed by atoms with E-state index < -0.39 is 7.12 Å². The van der Waals surface area contributed by atoms with Crippen LogP contribution in [-0.4, -0.2) is 17.2 Å². The lowest BCUT2D eigenvalue weighted by Crippen LogP contribution is -2.28. The zero-order valence-corrected chi connectivity index (χ0v) is 4.61. The number of hydroxylamine groups is 1. The molecule has 0 aliphatic carbocycles. The van der Waals surface area contributed by atoms with Crippen LogP contribution in [0.25, 0.3) is 0 Å². The molecule has 0 atom stereocenters. The van der Waals surface area contributed by atoms with Gasteiger partial charge in [0.25, 0.3) is 0 Å². The summed E-state index contributed by atoms with van der Waals surface area (Å²) in [4.78, 5) is 4.52. The number of nitrogens with one attached hydrogen (secondary N) is 1. The van der Waals surface area contributed by atoms with Crippen LogP contribution in [0.1, 0.15) is 0 Å². The molecule has 0 saturated heterocycles. The van der Waals surface area contributed by atoms with Crippen molar-refractivity contribution in [2.45, 2.75) is 0 Å². The van der Waals surface area contributed by atoms with Gasteiger partial charge in [0.15, 0.2) is 0 Å². The van der Waals surface area contributed by atoms with Gasteiger partial charge in [-0.3, -0.25) is 0 Å². The van der Waals surface area contributed by atoms with Crippen LogP contribution < -0.4 is 5.48 Å².